The summed E-state index contributed by atoms with van der Waals surface area (Å²) >= 11 is 1.54. The SMILES string of the molecule is Cc1ccc(C(=O)NC2CCN(Cc3ccc(C#N)cc3)CC2)s1. The minimum atomic E-state index is 0.0543. The van der Waals surface area contributed by atoms with E-state index >= 15 is 0 Å². The molecule has 0 saturated carbocycles. The predicted octanol–water partition coefficient (Wildman–Crippen LogP) is 3.32. The minimum Gasteiger partial charge on any atom is -0.349 e. The van der Waals surface area contributed by atoms with Crippen molar-refractivity contribution in [3.05, 3.63) is 57.3 Å². The standard InChI is InChI=1S/C19H21N3OS/c1-14-2-7-18(24-14)19(23)21-17-8-10-22(11-9-17)13-16-5-3-15(12-20)4-6-16/h2-7,17H,8-11,13H2,1H3,(H,21,23). The Morgan fingerprint density at radius 1 is 1.25 bits per heavy atom. The van der Waals surface area contributed by atoms with Crippen LogP contribution in [-0.4, -0.2) is 29.9 Å². The van der Waals surface area contributed by atoms with E-state index < -0.39 is 0 Å². The van der Waals surface area contributed by atoms with E-state index in [1.54, 1.807) is 11.3 Å². The van der Waals surface area contributed by atoms with Crippen molar-refractivity contribution in [1.82, 2.24) is 10.2 Å². The van der Waals surface area contributed by atoms with E-state index in [0.717, 1.165) is 42.2 Å². The molecule has 2 heterocycles. The predicted molar refractivity (Wildman–Crippen MR) is 96.0 cm³/mol. The van der Waals surface area contributed by atoms with E-state index in [0.29, 0.717) is 5.56 Å². The summed E-state index contributed by atoms with van der Waals surface area (Å²) in [6.45, 7) is 4.88. The molecule has 1 aromatic heterocycles. The fourth-order valence-electron chi connectivity index (χ4n) is 2.99. The van der Waals surface area contributed by atoms with Gasteiger partial charge in [-0.05, 0) is 49.6 Å². The van der Waals surface area contributed by atoms with Gasteiger partial charge in [-0.3, -0.25) is 9.69 Å². The van der Waals surface area contributed by atoms with E-state index in [1.807, 2.05) is 43.3 Å². The first kappa shape index (κ1) is 16.7. The van der Waals surface area contributed by atoms with Gasteiger partial charge in [-0.2, -0.15) is 5.26 Å². The topological polar surface area (TPSA) is 56.1 Å². The number of rotatable bonds is 4. The van der Waals surface area contributed by atoms with Crippen LogP contribution in [0.15, 0.2) is 36.4 Å². The quantitative estimate of drug-likeness (QED) is 0.929. The minimum absolute atomic E-state index is 0.0543. The highest BCUT2D eigenvalue weighted by Crippen LogP contribution is 2.18. The van der Waals surface area contributed by atoms with Crippen LogP contribution in [0.3, 0.4) is 0 Å². The van der Waals surface area contributed by atoms with Crippen molar-refractivity contribution in [2.24, 2.45) is 0 Å². The van der Waals surface area contributed by atoms with E-state index in [4.69, 9.17) is 5.26 Å². The smallest absolute Gasteiger partial charge is 0.261 e. The molecule has 0 atom stereocenters. The van der Waals surface area contributed by atoms with Crippen molar-refractivity contribution in [2.45, 2.75) is 32.4 Å². The van der Waals surface area contributed by atoms with E-state index in [9.17, 15) is 4.79 Å². The summed E-state index contributed by atoms with van der Waals surface area (Å²) in [6, 6.07) is 14.1. The molecule has 0 bridgehead atoms. The molecule has 5 heteroatoms. The number of amides is 1. The molecule has 0 spiro atoms. The summed E-state index contributed by atoms with van der Waals surface area (Å²) in [4.78, 5) is 16.6. The first-order chi connectivity index (χ1) is 11.6. The number of benzene rings is 1. The van der Waals surface area contributed by atoms with Crippen LogP contribution in [0.1, 0.15) is 38.5 Å². The molecule has 1 saturated heterocycles. The van der Waals surface area contributed by atoms with Gasteiger partial charge in [0.15, 0.2) is 0 Å². The maximum atomic E-state index is 12.2. The van der Waals surface area contributed by atoms with Crippen molar-refractivity contribution in [3.8, 4) is 6.07 Å². The molecule has 1 fully saturated rings. The molecule has 24 heavy (non-hydrogen) atoms. The Bertz CT molecular complexity index is 737. The molecule has 1 aliphatic heterocycles. The Hall–Kier alpha value is -2.16. The normalized spacial score (nSPS) is 15.8. The summed E-state index contributed by atoms with van der Waals surface area (Å²) in [5.41, 5.74) is 1.93. The summed E-state index contributed by atoms with van der Waals surface area (Å²) in [5, 5.41) is 12.0. The molecule has 4 nitrogen and oxygen atoms in total. The van der Waals surface area contributed by atoms with Crippen molar-refractivity contribution in [2.75, 3.05) is 13.1 Å². The number of hydrogen-bond donors (Lipinski definition) is 1. The van der Waals surface area contributed by atoms with Crippen molar-refractivity contribution >= 4 is 17.2 Å². The molecule has 0 aliphatic carbocycles. The van der Waals surface area contributed by atoms with Crippen LogP contribution in [0.5, 0.6) is 0 Å². The Labute approximate surface area is 146 Å². The number of nitrogens with one attached hydrogen (secondary N) is 1. The van der Waals surface area contributed by atoms with Gasteiger partial charge >= 0.3 is 0 Å². The van der Waals surface area contributed by atoms with Gasteiger partial charge < -0.3 is 5.32 Å². The molecule has 1 aliphatic rings. The van der Waals surface area contributed by atoms with Crippen LogP contribution < -0.4 is 5.32 Å². The summed E-state index contributed by atoms with van der Waals surface area (Å²) < 4.78 is 0. The Morgan fingerprint density at radius 2 is 1.96 bits per heavy atom. The number of piperidine rings is 1. The molecular weight excluding hydrogens is 318 g/mol. The third kappa shape index (κ3) is 4.22. The highest BCUT2D eigenvalue weighted by molar-refractivity contribution is 7.13. The zero-order valence-corrected chi connectivity index (χ0v) is 14.6. The maximum absolute atomic E-state index is 12.2. The van der Waals surface area contributed by atoms with Crippen molar-refractivity contribution in [1.29, 1.82) is 5.26 Å². The lowest BCUT2D eigenvalue weighted by Crippen LogP contribution is -2.44. The second-order valence-corrected chi connectivity index (χ2v) is 7.53. The zero-order valence-electron chi connectivity index (χ0n) is 13.8. The maximum Gasteiger partial charge on any atom is 0.261 e. The Balaban J connectivity index is 1.47. The van der Waals surface area contributed by atoms with Gasteiger partial charge in [0.1, 0.15) is 0 Å². The van der Waals surface area contributed by atoms with Gasteiger partial charge in [-0.25, -0.2) is 0 Å². The summed E-state index contributed by atoms with van der Waals surface area (Å²) in [5.74, 6) is 0.0543. The largest absolute Gasteiger partial charge is 0.349 e. The summed E-state index contributed by atoms with van der Waals surface area (Å²) in [6.07, 6.45) is 1.96. The Kier molecular flexibility index (Phi) is 5.29. The van der Waals surface area contributed by atoms with Gasteiger partial charge in [0.25, 0.3) is 5.91 Å². The van der Waals surface area contributed by atoms with Crippen LogP contribution in [-0.2, 0) is 6.54 Å². The molecule has 3 rings (SSSR count). The molecular formula is C19H21N3OS. The Morgan fingerprint density at radius 3 is 2.54 bits per heavy atom. The van der Waals surface area contributed by atoms with Gasteiger partial charge in [0.05, 0.1) is 16.5 Å². The van der Waals surface area contributed by atoms with E-state index in [2.05, 4.69) is 16.3 Å². The average molecular weight is 339 g/mol. The van der Waals surface area contributed by atoms with Crippen molar-refractivity contribution in [3.63, 3.8) is 0 Å². The second kappa shape index (κ2) is 7.61. The number of carbonyl (C=O) groups excluding carboxylic acids is 1. The first-order valence-electron chi connectivity index (χ1n) is 8.23. The molecule has 1 amide bonds. The lowest BCUT2D eigenvalue weighted by Gasteiger charge is -2.32. The number of likely N-dealkylation sites (tertiary alicyclic amines) is 1. The highest BCUT2D eigenvalue weighted by atomic mass is 32.1. The molecule has 0 unspecified atom stereocenters. The third-order valence-corrected chi connectivity index (χ3v) is 5.38. The number of thiophene rings is 1. The lowest BCUT2D eigenvalue weighted by atomic mass is 10.0. The molecule has 2 aromatic rings. The highest BCUT2D eigenvalue weighted by Gasteiger charge is 2.21. The first-order valence-corrected chi connectivity index (χ1v) is 9.04. The molecule has 1 N–H and O–H groups in total. The number of carbonyl (C=O) groups is 1. The van der Waals surface area contributed by atoms with Gasteiger partial charge in [0, 0.05) is 30.6 Å². The summed E-state index contributed by atoms with van der Waals surface area (Å²) in [7, 11) is 0. The average Bonchev–Trinajstić information content (AvgIpc) is 3.04. The van der Waals surface area contributed by atoms with Crippen LogP contribution in [0, 0.1) is 18.3 Å². The third-order valence-electron chi connectivity index (χ3n) is 4.38. The van der Waals surface area contributed by atoms with Gasteiger partial charge in [0.2, 0.25) is 0 Å². The zero-order chi connectivity index (χ0) is 16.9. The van der Waals surface area contributed by atoms with Crippen molar-refractivity contribution < 1.29 is 4.79 Å². The number of nitriles is 1. The van der Waals surface area contributed by atoms with Crippen LogP contribution in [0.4, 0.5) is 0 Å². The van der Waals surface area contributed by atoms with Crippen LogP contribution in [0.25, 0.3) is 0 Å². The van der Waals surface area contributed by atoms with Gasteiger partial charge in [-0.1, -0.05) is 12.1 Å². The van der Waals surface area contributed by atoms with E-state index in [1.165, 1.54) is 5.56 Å². The van der Waals surface area contributed by atoms with Crippen LogP contribution >= 0.6 is 11.3 Å². The number of aryl methyl sites for hydroxylation is 1. The van der Waals surface area contributed by atoms with Crippen LogP contribution in [0.2, 0.25) is 0 Å². The molecule has 124 valence electrons. The van der Waals surface area contributed by atoms with E-state index in [-0.39, 0.29) is 11.9 Å². The van der Waals surface area contributed by atoms with Gasteiger partial charge in [-0.15, -0.1) is 11.3 Å². The fraction of sp³-hybridized carbons (Fsp3) is 0.368. The monoisotopic (exact) mass is 339 g/mol. The molecule has 0 radical (unpaired) electrons. The fourth-order valence-corrected chi connectivity index (χ4v) is 3.76. The number of nitrogens with zero attached hydrogens (tertiary/aromatic N) is 2. The molecule has 1 aromatic carbocycles. The lowest BCUT2D eigenvalue weighted by molar-refractivity contribution is 0.0913. The second-order valence-electron chi connectivity index (χ2n) is 6.24. The number of hydrogen-bond acceptors (Lipinski definition) is 4.